The number of fused-ring (bicyclic) bond motifs is 1. The predicted octanol–water partition coefficient (Wildman–Crippen LogP) is 3.96. The number of ether oxygens (including phenoxy) is 1. The van der Waals surface area contributed by atoms with Crippen LogP contribution in [-0.4, -0.2) is 36.3 Å². The molecule has 1 N–H and O–H groups in total. The van der Waals surface area contributed by atoms with Crippen LogP contribution in [0.5, 0.6) is 5.75 Å². The summed E-state index contributed by atoms with van der Waals surface area (Å²) in [6, 6.07) is 12.2. The molecule has 3 nitrogen and oxygen atoms in total. The molecule has 1 unspecified atom stereocenters. The molecule has 0 aliphatic heterocycles. The maximum absolute atomic E-state index is 10.6. The monoisotopic (exact) mass is 287 g/mol. The molecule has 0 spiro atoms. The van der Waals surface area contributed by atoms with Gasteiger partial charge < -0.3 is 9.84 Å². The lowest BCUT2D eigenvalue weighted by molar-refractivity contribution is 0.0997. The first-order chi connectivity index (χ1) is 10.2. The molecule has 0 fully saturated rings. The molecule has 114 valence electrons. The van der Waals surface area contributed by atoms with Gasteiger partial charge in [-0.15, -0.1) is 0 Å². The zero-order valence-corrected chi connectivity index (χ0v) is 13.2. The molecular weight excluding hydrogens is 262 g/mol. The number of phenolic OH excluding ortho intramolecular Hbond substituents is 1. The lowest BCUT2D eigenvalue weighted by atomic mass is 10.00. The van der Waals surface area contributed by atoms with Crippen LogP contribution in [0.15, 0.2) is 36.4 Å². The van der Waals surface area contributed by atoms with Gasteiger partial charge in [-0.2, -0.15) is 0 Å². The molecule has 2 rings (SSSR count). The Bertz CT molecular complexity index is 582. The Balaban J connectivity index is 2.25. The van der Waals surface area contributed by atoms with Crippen LogP contribution in [0.25, 0.3) is 10.8 Å². The third-order valence-electron chi connectivity index (χ3n) is 4.06. The van der Waals surface area contributed by atoms with E-state index in [2.05, 4.69) is 24.8 Å². The van der Waals surface area contributed by atoms with Crippen molar-refractivity contribution >= 4 is 10.8 Å². The van der Waals surface area contributed by atoms with E-state index in [4.69, 9.17) is 4.74 Å². The highest BCUT2D eigenvalue weighted by Crippen LogP contribution is 2.34. The van der Waals surface area contributed by atoms with Crippen LogP contribution in [0.2, 0.25) is 0 Å². The number of benzene rings is 2. The van der Waals surface area contributed by atoms with E-state index in [1.54, 1.807) is 0 Å². The van der Waals surface area contributed by atoms with Crippen LogP contribution in [0.4, 0.5) is 0 Å². The highest BCUT2D eigenvalue weighted by atomic mass is 16.5. The van der Waals surface area contributed by atoms with E-state index in [9.17, 15) is 5.11 Å². The summed E-state index contributed by atoms with van der Waals surface area (Å²) < 4.78 is 5.45. The smallest absolute Gasteiger partial charge is 0.128 e. The van der Waals surface area contributed by atoms with Crippen LogP contribution in [0.1, 0.15) is 32.4 Å². The first-order valence-corrected chi connectivity index (χ1v) is 7.71. The van der Waals surface area contributed by atoms with E-state index in [1.165, 1.54) is 0 Å². The summed E-state index contributed by atoms with van der Waals surface area (Å²) in [5.41, 5.74) is 0.979. The number of hydrogen-bond acceptors (Lipinski definition) is 3. The molecule has 0 heterocycles. The van der Waals surface area contributed by atoms with Crippen molar-refractivity contribution in [2.24, 2.45) is 0 Å². The van der Waals surface area contributed by atoms with E-state index in [1.807, 2.05) is 37.3 Å². The highest BCUT2D eigenvalue weighted by molar-refractivity contribution is 5.89. The van der Waals surface area contributed by atoms with Gasteiger partial charge in [0.2, 0.25) is 0 Å². The molecule has 2 aromatic rings. The van der Waals surface area contributed by atoms with Crippen molar-refractivity contribution in [2.75, 3.05) is 26.3 Å². The largest absolute Gasteiger partial charge is 0.507 e. The van der Waals surface area contributed by atoms with Crippen molar-refractivity contribution in [3.05, 3.63) is 42.0 Å². The van der Waals surface area contributed by atoms with Crippen LogP contribution in [0, 0.1) is 0 Å². The molecule has 1 atom stereocenters. The SMILES string of the molecule is CCOCCN(CC)C(C)c1ccc2ccccc2c1O. The maximum atomic E-state index is 10.6. The summed E-state index contributed by atoms with van der Waals surface area (Å²) in [7, 11) is 0. The second-order valence-corrected chi connectivity index (χ2v) is 5.23. The van der Waals surface area contributed by atoms with E-state index >= 15 is 0 Å². The van der Waals surface area contributed by atoms with Crippen molar-refractivity contribution in [3.8, 4) is 5.75 Å². The van der Waals surface area contributed by atoms with Crippen molar-refractivity contribution < 1.29 is 9.84 Å². The van der Waals surface area contributed by atoms with Crippen molar-refractivity contribution in [3.63, 3.8) is 0 Å². The van der Waals surface area contributed by atoms with Gasteiger partial charge in [0, 0.05) is 30.1 Å². The van der Waals surface area contributed by atoms with Gasteiger partial charge >= 0.3 is 0 Å². The lowest BCUT2D eigenvalue weighted by Crippen LogP contribution is -2.30. The average Bonchev–Trinajstić information content (AvgIpc) is 2.52. The van der Waals surface area contributed by atoms with Gasteiger partial charge in [0.1, 0.15) is 5.75 Å². The summed E-state index contributed by atoms with van der Waals surface area (Å²) in [5.74, 6) is 0.399. The zero-order valence-electron chi connectivity index (χ0n) is 13.2. The van der Waals surface area contributed by atoms with Gasteiger partial charge in [-0.25, -0.2) is 0 Å². The Hall–Kier alpha value is -1.58. The quantitative estimate of drug-likeness (QED) is 0.782. The molecule has 0 saturated carbocycles. The van der Waals surface area contributed by atoms with Gasteiger partial charge in [-0.3, -0.25) is 4.90 Å². The maximum Gasteiger partial charge on any atom is 0.128 e. The first kappa shape index (κ1) is 15.8. The van der Waals surface area contributed by atoms with Gasteiger partial charge in [-0.1, -0.05) is 43.3 Å². The fourth-order valence-electron chi connectivity index (χ4n) is 2.76. The van der Waals surface area contributed by atoms with E-state index in [0.717, 1.165) is 42.6 Å². The molecular formula is C18H25NO2. The Morgan fingerprint density at radius 1 is 1.14 bits per heavy atom. The minimum absolute atomic E-state index is 0.167. The topological polar surface area (TPSA) is 32.7 Å². The van der Waals surface area contributed by atoms with E-state index in [0.29, 0.717) is 5.75 Å². The minimum Gasteiger partial charge on any atom is -0.507 e. The van der Waals surface area contributed by atoms with E-state index < -0.39 is 0 Å². The third kappa shape index (κ3) is 3.55. The highest BCUT2D eigenvalue weighted by Gasteiger charge is 2.18. The van der Waals surface area contributed by atoms with Crippen LogP contribution < -0.4 is 0 Å². The Morgan fingerprint density at radius 3 is 2.62 bits per heavy atom. The fraction of sp³-hybridized carbons (Fsp3) is 0.444. The normalized spacial score (nSPS) is 13.0. The number of aromatic hydroxyl groups is 1. The molecule has 21 heavy (non-hydrogen) atoms. The van der Waals surface area contributed by atoms with Crippen LogP contribution in [0.3, 0.4) is 0 Å². The second kappa shape index (κ2) is 7.43. The van der Waals surface area contributed by atoms with Crippen molar-refractivity contribution in [1.29, 1.82) is 0 Å². The summed E-state index contributed by atoms with van der Waals surface area (Å²) in [5, 5.41) is 12.6. The van der Waals surface area contributed by atoms with E-state index in [-0.39, 0.29) is 6.04 Å². The van der Waals surface area contributed by atoms with Gasteiger partial charge in [-0.05, 0) is 25.8 Å². The fourth-order valence-corrected chi connectivity index (χ4v) is 2.76. The molecule has 0 amide bonds. The van der Waals surface area contributed by atoms with Crippen LogP contribution in [-0.2, 0) is 4.74 Å². The van der Waals surface area contributed by atoms with Crippen molar-refractivity contribution in [1.82, 2.24) is 4.90 Å². The number of nitrogens with zero attached hydrogens (tertiary/aromatic N) is 1. The predicted molar refractivity (Wildman–Crippen MR) is 87.8 cm³/mol. The van der Waals surface area contributed by atoms with Gasteiger partial charge in [0.25, 0.3) is 0 Å². The zero-order chi connectivity index (χ0) is 15.2. The van der Waals surface area contributed by atoms with Gasteiger partial charge in [0.15, 0.2) is 0 Å². The summed E-state index contributed by atoms with van der Waals surface area (Å²) >= 11 is 0. The molecule has 0 aliphatic carbocycles. The molecule has 0 aliphatic rings. The molecule has 3 heteroatoms. The Kier molecular flexibility index (Phi) is 5.59. The number of rotatable bonds is 7. The standard InChI is InChI=1S/C18H25NO2/c1-4-19(12-13-21-5-2)14(3)16-11-10-15-8-6-7-9-17(15)18(16)20/h6-11,14,20H,4-5,12-13H2,1-3H3. The number of phenols is 1. The third-order valence-corrected chi connectivity index (χ3v) is 4.06. The summed E-state index contributed by atoms with van der Waals surface area (Å²) in [6.45, 7) is 9.56. The average molecular weight is 287 g/mol. The molecule has 0 aromatic heterocycles. The number of likely N-dealkylation sites (N-methyl/N-ethyl adjacent to an activating group) is 1. The Labute approximate surface area is 127 Å². The molecule has 2 aromatic carbocycles. The lowest BCUT2D eigenvalue weighted by Gasteiger charge is -2.28. The Morgan fingerprint density at radius 2 is 1.90 bits per heavy atom. The number of hydrogen-bond donors (Lipinski definition) is 1. The summed E-state index contributed by atoms with van der Waals surface area (Å²) in [6.07, 6.45) is 0. The second-order valence-electron chi connectivity index (χ2n) is 5.23. The first-order valence-electron chi connectivity index (χ1n) is 7.71. The molecule has 0 saturated heterocycles. The molecule has 0 bridgehead atoms. The minimum atomic E-state index is 0.167. The van der Waals surface area contributed by atoms with Crippen molar-refractivity contribution in [2.45, 2.75) is 26.8 Å². The molecule has 0 radical (unpaired) electrons. The van der Waals surface area contributed by atoms with Crippen LogP contribution >= 0.6 is 0 Å². The summed E-state index contributed by atoms with van der Waals surface area (Å²) in [4.78, 5) is 2.32. The van der Waals surface area contributed by atoms with Gasteiger partial charge in [0.05, 0.1) is 6.61 Å².